The van der Waals surface area contributed by atoms with E-state index >= 15 is 0 Å². The molecule has 0 bridgehead atoms. The van der Waals surface area contributed by atoms with Gasteiger partial charge >= 0.3 is 11.8 Å². The molecule has 136 valence electrons. The Hall–Kier alpha value is -2.91. The van der Waals surface area contributed by atoms with E-state index < -0.39 is 22.1 Å². The maximum atomic E-state index is 12.1. The molecule has 0 spiro atoms. The minimum atomic E-state index is -0.957. The van der Waals surface area contributed by atoms with Crippen LogP contribution in [-0.4, -0.2) is 58.6 Å². The van der Waals surface area contributed by atoms with Crippen molar-refractivity contribution in [1.82, 2.24) is 9.88 Å². The van der Waals surface area contributed by atoms with Gasteiger partial charge < -0.3 is 20.3 Å². The summed E-state index contributed by atoms with van der Waals surface area (Å²) >= 11 is 0. The average molecular weight is 351 g/mol. The third-order valence-corrected chi connectivity index (χ3v) is 3.54. The SMILES string of the molecule is CC(C)(C)OC(=O)N1CCN(c2ccc([N+](=O)[O-])c(C(N)=O)n2)CC1. The highest BCUT2D eigenvalue weighted by molar-refractivity contribution is 5.95. The average Bonchev–Trinajstić information content (AvgIpc) is 2.52. The van der Waals surface area contributed by atoms with Crippen LogP contribution in [0.25, 0.3) is 0 Å². The zero-order valence-corrected chi connectivity index (χ0v) is 14.4. The van der Waals surface area contributed by atoms with E-state index in [1.807, 2.05) is 4.90 Å². The van der Waals surface area contributed by atoms with Crippen molar-refractivity contribution in [3.63, 3.8) is 0 Å². The first-order valence-corrected chi connectivity index (χ1v) is 7.76. The molecule has 1 aliphatic heterocycles. The van der Waals surface area contributed by atoms with E-state index in [1.165, 1.54) is 12.1 Å². The standard InChI is InChI=1S/C15H21N5O5/c1-15(2,3)25-14(22)19-8-6-18(7-9-19)11-5-4-10(20(23)24)12(17-11)13(16)21/h4-5H,6-9H2,1-3H3,(H2,16,21). The van der Waals surface area contributed by atoms with Crippen LogP contribution in [0.5, 0.6) is 0 Å². The predicted octanol–water partition coefficient (Wildman–Crippen LogP) is 1.15. The first-order valence-electron chi connectivity index (χ1n) is 7.76. The summed E-state index contributed by atoms with van der Waals surface area (Å²) in [4.78, 5) is 41.1. The topological polar surface area (TPSA) is 132 Å². The van der Waals surface area contributed by atoms with Crippen LogP contribution in [0.4, 0.5) is 16.3 Å². The van der Waals surface area contributed by atoms with Crippen molar-refractivity contribution in [2.75, 3.05) is 31.1 Å². The molecule has 10 nitrogen and oxygen atoms in total. The van der Waals surface area contributed by atoms with Crippen molar-refractivity contribution in [3.8, 4) is 0 Å². The van der Waals surface area contributed by atoms with Gasteiger partial charge in [0.25, 0.3) is 5.91 Å². The summed E-state index contributed by atoms with van der Waals surface area (Å²) in [6.45, 7) is 7.15. The molecule has 2 rings (SSSR count). The first-order chi connectivity index (χ1) is 11.6. The molecule has 1 aromatic heterocycles. The van der Waals surface area contributed by atoms with Gasteiger partial charge in [-0.05, 0) is 26.8 Å². The predicted molar refractivity (Wildman–Crippen MR) is 89.4 cm³/mol. The molecule has 25 heavy (non-hydrogen) atoms. The van der Waals surface area contributed by atoms with E-state index in [4.69, 9.17) is 10.5 Å². The third-order valence-electron chi connectivity index (χ3n) is 3.54. The number of rotatable bonds is 3. The molecule has 0 saturated carbocycles. The molecule has 1 aliphatic rings. The summed E-state index contributed by atoms with van der Waals surface area (Å²) in [5.74, 6) is -0.552. The van der Waals surface area contributed by atoms with Crippen molar-refractivity contribution in [3.05, 3.63) is 27.9 Å². The Balaban J connectivity index is 2.08. The lowest BCUT2D eigenvalue weighted by Crippen LogP contribution is -2.50. The highest BCUT2D eigenvalue weighted by atomic mass is 16.6. The molecule has 0 radical (unpaired) electrons. The van der Waals surface area contributed by atoms with Gasteiger partial charge in [-0.15, -0.1) is 0 Å². The quantitative estimate of drug-likeness (QED) is 0.638. The second-order valence-electron chi connectivity index (χ2n) is 6.61. The molecule has 10 heteroatoms. The Morgan fingerprint density at radius 1 is 1.24 bits per heavy atom. The minimum absolute atomic E-state index is 0.378. The number of pyridine rings is 1. The van der Waals surface area contributed by atoms with Gasteiger partial charge in [0.1, 0.15) is 11.4 Å². The van der Waals surface area contributed by atoms with Crippen LogP contribution in [0.2, 0.25) is 0 Å². The lowest BCUT2D eigenvalue weighted by Gasteiger charge is -2.36. The maximum absolute atomic E-state index is 12.1. The maximum Gasteiger partial charge on any atom is 0.410 e. The molecule has 2 heterocycles. The Kier molecular flexibility index (Phi) is 5.10. The molecule has 2 N–H and O–H groups in total. The summed E-state index contributed by atoms with van der Waals surface area (Å²) in [7, 11) is 0. The molecule has 2 amide bonds. The molecule has 1 aromatic rings. The molecule has 0 unspecified atom stereocenters. The number of carbonyl (C=O) groups excluding carboxylic acids is 2. The smallest absolute Gasteiger partial charge is 0.410 e. The Labute approximate surface area is 144 Å². The van der Waals surface area contributed by atoms with Gasteiger partial charge in [-0.1, -0.05) is 0 Å². The number of aromatic nitrogens is 1. The summed E-state index contributed by atoms with van der Waals surface area (Å²) in [6.07, 6.45) is -0.387. The number of carbonyl (C=O) groups is 2. The number of hydrogen-bond acceptors (Lipinski definition) is 7. The molecule has 0 aromatic carbocycles. The fourth-order valence-electron chi connectivity index (χ4n) is 2.39. The number of primary amides is 1. The minimum Gasteiger partial charge on any atom is -0.444 e. The van der Waals surface area contributed by atoms with Crippen molar-refractivity contribution >= 4 is 23.5 Å². The largest absolute Gasteiger partial charge is 0.444 e. The highest BCUT2D eigenvalue weighted by Crippen LogP contribution is 2.22. The van der Waals surface area contributed by atoms with E-state index in [-0.39, 0.29) is 11.8 Å². The number of nitrogens with two attached hydrogens (primary N) is 1. The number of nitro groups is 1. The molecular weight excluding hydrogens is 330 g/mol. The first kappa shape index (κ1) is 18.4. The summed E-state index contributed by atoms with van der Waals surface area (Å²) < 4.78 is 5.33. The molecule has 1 fully saturated rings. The Morgan fingerprint density at radius 3 is 2.32 bits per heavy atom. The van der Waals surface area contributed by atoms with Crippen LogP contribution in [0.15, 0.2) is 12.1 Å². The fourth-order valence-corrected chi connectivity index (χ4v) is 2.39. The van der Waals surface area contributed by atoms with E-state index in [0.29, 0.717) is 32.0 Å². The molecule has 1 saturated heterocycles. The van der Waals surface area contributed by atoms with Crippen molar-refractivity contribution < 1.29 is 19.2 Å². The van der Waals surface area contributed by atoms with Crippen LogP contribution in [0.3, 0.4) is 0 Å². The monoisotopic (exact) mass is 351 g/mol. The van der Waals surface area contributed by atoms with E-state index in [0.717, 1.165) is 0 Å². The molecule has 0 atom stereocenters. The zero-order valence-electron chi connectivity index (χ0n) is 14.4. The normalized spacial score (nSPS) is 15.0. The summed E-state index contributed by atoms with van der Waals surface area (Å²) in [6, 6.07) is 2.68. The summed E-state index contributed by atoms with van der Waals surface area (Å²) in [5.41, 5.74) is 3.81. The van der Waals surface area contributed by atoms with Crippen LogP contribution < -0.4 is 10.6 Å². The van der Waals surface area contributed by atoms with E-state index in [9.17, 15) is 19.7 Å². The van der Waals surface area contributed by atoms with Crippen molar-refractivity contribution in [2.24, 2.45) is 5.73 Å². The highest BCUT2D eigenvalue weighted by Gasteiger charge is 2.28. The number of amides is 2. The number of anilines is 1. The lowest BCUT2D eigenvalue weighted by molar-refractivity contribution is -0.385. The van der Waals surface area contributed by atoms with Crippen LogP contribution in [0, 0.1) is 10.1 Å². The number of piperazine rings is 1. The van der Waals surface area contributed by atoms with Crippen LogP contribution >= 0.6 is 0 Å². The van der Waals surface area contributed by atoms with Gasteiger partial charge in [-0.3, -0.25) is 14.9 Å². The molecular formula is C15H21N5O5. The van der Waals surface area contributed by atoms with Crippen LogP contribution in [-0.2, 0) is 4.74 Å². The van der Waals surface area contributed by atoms with Crippen LogP contribution in [0.1, 0.15) is 31.3 Å². The zero-order chi connectivity index (χ0) is 18.8. The Morgan fingerprint density at radius 2 is 1.84 bits per heavy atom. The van der Waals surface area contributed by atoms with Gasteiger partial charge in [-0.25, -0.2) is 9.78 Å². The Bertz CT molecular complexity index is 692. The third kappa shape index (κ3) is 4.55. The van der Waals surface area contributed by atoms with Gasteiger partial charge in [0.15, 0.2) is 0 Å². The second kappa shape index (κ2) is 6.91. The van der Waals surface area contributed by atoms with Gasteiger partial charge in [0, 0.05) is 32.2 Å². The van der Waals surface area contributed by atoms with E-state index in [1.54, 1.807) is 25.7 Å². The number of nitrogens with zero attached hydrogens (tertiary/aromatic N) is 4. The van der Waals surface area contributed by atoms with E-state index in [2.05, 4.69) is 4.98 Å². The molecule has 0 aliphatic carbocycles. The van der Waals surface area contributed by atoms with Gasteiger partial charge in [0.2, 0.25) is 5.69 Å². The number of ether oxygens (including phenoxy) is 1. The lowest BCUT2D eigenvalue weighted by atomic mass is 10.2. The summed E-state index contributed by atoms with van der Waals surface area (Å²) in [5, 5.41) is 10.9. The van der Waals surface area contributed by atoms with Gasteiger partial charge in [-0.2, -0.15) is 0 Å². The van der Waals surface area contributed by atoms with Gasteiger partial charge in [0.05, 0.1) is 4.92 Å². The second-order valence-corrected chi connectivity index (χ2v) is 6.61. The number of hydrogen-bond donors (Lipinski definition) is 1. The fraction of sp³-hybridized carbons (Fsp3) is 0.533. The van der Waals surface area contributed by atoms with Crippen molar-refractivity contribution in [1.29, 1.82) is 0 Å². The van der Waals surface area contributed by atoms with Crippen molar-refractivity contribution in [2.45, 2.75) is 26.4 Å².